The van der Waals surface area contributed by atoms with Crippen molar-refractivity contribution in [3.63, 3.8) is 0 Å². The molecule has 114 valence electrons. The predicted molar refractivity (Wildman–Crippen MR) is 96.9 cm³/mol. The molecule has 0 bridgehead atoms. The smallest absolute Gasteiger partial charge is 0.272 e. The van der Waals surface area contributed by atoms with Crippen LogP contribution >= 0.6 is 23.6 Å². The summed E-state index contributed by atoms with van der Waals surface area (Å²) in [5.74, 6) is 0. The average Bonchev–Trinajstić information content (AvgIpc) is 2.92. The minimum absolute atomic E-state index is 0.0627. The molecule has 0 radical (unpaired) electrons. The first-order chi connectivity index (χ1) is 11.1. The van der Waals surface area contributed by atoms with Crippen molar-refractivity contribution in [2.75, 3.05) is 0 Å². The Morgan fingerprint density at radius 3 is 2.83 bits per heavy atom. The van der Waals surface area contributed by atoms with E-state index < -0.39 is 0 Å². The molecule has 0 aliphatic heterocycles. The molecule has 3 aromatic heterocycles. The van der Waals surface area contributed by atoms with Gasteiger partial charge in [0.2, 0.25) is 0 Å². The molecule has 23 heavy (non-hydrogen) atoms. The molecule has 0 aliphatic rings. The van der Waals surface area contributed by atoms with Crippen molar-refractivity contribution in [2.45, 2.75) is 13.5 Å². The molecule has 0 unspecified atom stereocenters. The summed E-state index contributed by atoms with van der Waals surface area (Å²) in [6.45, 7) is 2.50. The van der Waals surface area contributed by atoms with E-state index >= 15 is 0 Å². The number of benzene rings is 1. The van der Waals surface area contributed by atoms with E-state index in [0.29, 0.717) is 16.0 Å². The summed E-state index contributed by atoms with van der Waals surface area (Å²) in [5.41, 5.74) is 2.97. The molecule has 1 aromatic carbocycles. The van der Waals surface area contributed by atoms with Crippen molar-refractivity contribution < 1.29 is 0 Å². The number of pyridine rings is 1. The lowest BCUT2D eigenvalue weighted by molar-refractivity contribution is 0.736. The maximum atomic E-state index is 12.8. The Morgan fingerprint density at radius 2 is 2.04 bits per heavy atom. The van der Waals surface area contributed by atoms with Crippen LogP contribution in [-0.4, -0.2) is 14.5 Å². The average molecular weight is 339 g/mol. The molecular formula is C17H13N3OS2. The SMILES string of the molecule is Cc1ccc(Cn2c(=S)[nH]c3c(sc4ncccc43)c2=O)cc1. The van der Waals surface area contributed by atoms with E-state index in [1.165, 1.54) is 16.9 Å². The van der Waals surface area contributed by atoms with Crippen LogP contribution < -0.4 is 5.56 Å². The number of thiophene rings is 1. The Labute approximate surface area is 141 Å². The molecule has 4 nitrogen and oxygen atoms in total. The predicted octanol–water partition coefficient (Wildman–Crippen LogP) is 4.03. The second-order valence-corrected chi connectivity index (χ2v) is 6.86. The van der Waals surface area contributed by atoms with Gasteiger partial charge < -0.3 is 4.98 Å². The van der Waals surface area contributed by atoms with Crippen molar-refractivity contribution in [1.82, 2.24) is 14.5 Å². The van der Waals surface area contributed by atoms with E-state index in [1.54, 1.807) is 10.8 Å². The van der Waals surface area contributed by atoms with Crippen LogP contribution in [0.4, 0.5) is 0 Å². The van der Waals surface area contributed by atoms with E-state index in [2.05, 4.69) is 9.97 Å². The van der Waals surface area contributed by atoms with Gasteiger partial charge in [0.15, 0.2) is 4.77 Å². The number of aryl methyl sites for hydroxylation is 1. The number of aromatic nitrogens is 3. The first-order valence-corrected chi connectivity index (χ1v) is 8.42. The van der Waals surface area contributed by atoms with E-state index in [9.17, 15) is 4.79 Å². The van der Waals surface area contributed by atoms with Gasteiger partial charge in [-0.15, -0.1) is 11.3 Å². The Kier molecular flexibility index (Phi) is 3.36. The molecular weight excluding hydrogens is 326 g/mol. The van der Waals surface area contributed by atoms with Gasteiger partial charge in [-0.2, -0.15) is 0 Å². The fourth-order valence-corrected chi connectivity index (χ4v) is 3.91. The Bertz CT molecular complexity index is 1140. The zero-order valence-corrected chi connectivity index (χ0v) is 14.0. The summed E-state index contributed by atoms with van der Waals surface area (Å²) in [7, 11) is 0. The molecule has 4 aromatic rings. The number of hydrogen-bond donors (Lipinski definition) is 1. The number of aromatic amines is 1. The summed E-state index contributed by atoms with van der Waals surface area (Å²) < 4.78 is 2.71. The van der Waals surface area contributed by atoms with Gasteiger partial charge in [-0.25, -0.2) is 4.98 Å². The third kappa shape index (κ3) is 2.40. The maximum Gasteiger partial charge on any atom is 0.272 e. The second kappa shape index (κ2) is 5.40. The van der Waals surface area contributed by atoms with Gasteiger partial charge in [0, 0.05) is 11.6 Å². The molecule has 6 heteroatoms. The lowest BCUT2D eigenvalue weighted by atomic mass is 10.1. The van der Waals surface area contributed by atoms with Crippen molar-refractivity contribution in [3.05, 3.63) is 68.8 Å². The van der Waals surface area contributed by atoms with Crippen LogP contribution in [0.1, 0.15) is 11.1 Å². The Morgan fingerprint density at radius 1 is 1.26 bits per heavy atom. The zero-order valence-electron chi connectivity index (χ0n) is 12.4. The summed E-state index contributed by atoms with van der Waals surface area (Å²) in [6.07, 6.45) is 1.73. The van der Waals surface area contributed by atoms with Crippen LogP contribution in [0.25, 0.3) is 20.4 Å². The Hall–Kier alpha value is -2.31. The van der Waals surface area contributed by atoms with Gasteiger partial charge in [-0.3, -0.25) is 9.36 Å². The fourth-order valence-electron chi connectivity index (χ4n) is 2.62. The summed E-state index contributed by atoms with van der Waals surface area (Å²) in [6, 6.07) is 11.9. The normalized spacial score (nSPS) is 11.3. The molecule has 0 atom stereocenters. The van der Waals surface area contributed by atoms with Gasteiger partial charge >= 0.3 is 0 Å². The fraction of sp³-hybridized carbons (Fsp3) is 0.118. The molecule has 0 amide bonds. The number of hydrogen-bond acceptors (Lipinski definition) is 4. The van der Waals surface area contributed by atoms with Crippen molar-refractivity contribution in [3.8, 4) is 0 Å². The summed E-state index contributed by atoms with van der Waals surface area (Å²) in [5, 5.41) is 0.943. The number of rotatable bonds is 2. The van der Waals surface area contributed by atoms with Crippen LogP contribution in [-0.2, 0) is 6.54 Å². The minimum Gasteiger partial charge on any atom is -0.330 e. The standard InChI is InChI=1S/C17H13N3OS2/c1-10-4-6-11(7-5-10)9-20-16(21)14-13(19-17(20)22)12-3-2-8-18-15(12)23-14/h2-8H,9H2,1H3,(H,19,22). The quantitative estimate of drug-likeness (QED) is 0.561. The van der Waals surface area contributed by atoms with Crippen LogP contribution in [0, 0.1) is 11.7 Å². The second-order valence-electron chi connectivity index (χ2n) is 5.47. The first kappa shape index (κ1) is 14.3. The Balaban J connectivity index is 1.94. The van der Waals surface area contributed by atoms with Gasteiger partial charge in [-0.05, 0) is 36.8 Å². The van der Waals surface area contributed by atoms with E-state index in [4.69, 9.17) is 12.2 Å². The topological polar surface area (TPSA) is 50.7 Å². The van der Waals surface area contributed by atoms with Gasteiger partial charge in [0.25, 0.3) is 5.56 Å². The number of nitrogens with zero attached hydrogens (tertiary/aromatic N) is 2. The third-order valence-corrected chi connectivity index (χ3v) is 5.27. The summed E-state index contributed by atoms with van der Waals surface area (Å²) >= 11 is 6.81. The largest absolute Gasteiger partial charge is 0.330 e. The number of fused-ring (bicyclic) bond motifs is 3. The van der Waals surface area contributed by atoms with Crippen LogP contribution in [0.3, 0.4) is 0 Å². The highest BCUT2D eigenvalue weighted by molar-refractivity contribution is 7.71. The van der Waals surface area contributed by atoms with Crippen LogP contribution in [0.15, 0.2) is 47.4 Å². The lowest BCUT2D eigenvalue weighted by Crippen LogP contribution is -2.21. The van der Waals surface area contributed by atoms with Gasteiger partial charge in [-0.1, -0.05) is 29.8 Å². The van der Waals surface area contributed by atoms with E-state index in [-0.39, 0.29) is 5.56 Å². The van der Waals surface area contributed by atoms with Crippen molar-refractivity contribution in [2.24, 2.45) is 0 Å². The maximum absolute atomic E-state index is 12.8. The molecule has 4 rings (SSSR count). The molecule has 0 fully saturated rings. The molecule has 0 spiro atoms. The van der Waals surface area contributed by atoms with Gasteiger partial charge in [0.05, 0.1) is 12.1 Å². The van der Waals surface area contributed by atoms with Crippen molar-refractivity contribution in [1.29, 1.82) is 0 Å². The third-order valence-electron chi connectivity index (χ3n) is 3.84. The molecule has 0 saturated heterocycles. The summed E-state index contributed by atoms with van der Waals surface area (Å²) in [4.78, 5) is 21.2. The molecule has 0 aliphatic carbocycles. The van der Waals surface area contributed by atoms with Gasteiger partial charge in [0.1, 0.15) is 9.53 Å². The number of H-pyrrole nitrogens is 1. The van der Waals surface area contributed by atoms with E-state index in [1.807, 2.05) is 43.3 Å². The molecule has 3 heterocycles. The first-order valence-electron chi connectivity index (χ1n) is 7.19. The molecule has 0 saturated carbocycles. The number of nitrogens with one attached hydrogen (secondary N) is 1. The lowest BCUT2D eigenvalue weighted by Gasteiger charge is -2.07. The monoisotopic (exact) mass is 339 g/mol. The highest BCUT2D eigenvalue weighted by Gasteiger charge is 2.12. The van der Waals surface area contributed by atoms with Crippen LogP contribution in [0.5, 0.6) is 0 Å². The zero-order chi connectivity index (χ0) is 16.0. The molecule has 1 N–H and O–H groups in total. The van der Waals surface area contributed by atoms with Crippen LogP contribution in [0.2, 0.25) is 0 Å². The van der Waals surface area contributed by atoms with E-state index in [0.717, 1.165) is 21.3 Å². The van der Waals surface area contributed by atoms with Crippen molar-refractivity contribution >= 4 is 44.0 Å². The highest BCUT2D eigenvalue weighted by Crippen LogP contribution is 2.28. The highest BCUT2D eigenvalue weighted by atomic mass is 32.1. The minimum atomic E-state index is -0.0627.